The third kappa shape index (κ3) is 8.11. The molecule has 0 radical (unpaired) electrons. The smallest absolute Gasteiger partial charge is 0.373 e. The van der Waals surface area contributed by atoms with E-state index in [1.54, 1.807) is 0 Å². The highest BCUT2D eigenvalue weighted by atomic mass is 16.3. The summed E-state index contributed by atoms with van der Waals surface area (Å²) >= 11 is 0. The van der Waals surface area contributed by atoms with Crippen LogP contribution in [-0.4, -0.2) is 46.6 Å². The molecule has 1 saturated heterocycles. The first-order valence-corrected chi connectivity index (χ1v) is 13.5. The average Bonchev–Trinajstić information content (AvgIpc) is 3.42. The van der Waals surface area contributed by atoms with Gasteiger partial charge in [-0.2, -0.15) is 9.59 Å². The summed E-state index contributed by atoms with van der Waals surface area (Å²) in [5.41, 5.74) is 6.32. The van der Waals surface area contributed by atoms with E-state index < -0.39 is 0 Å². The molecule has 2 N–H and O–H groups in total. The monoisotopic (exact) mass is 551 g/mol. The molecule has 0 amide bonds. The molecule has 1 fully saturated rings. The van der Waals surface area contributed by atoms with Crippen LogP contribution in [0.3, 0.4) is 0 Å². The first-order chi connectivity index (χ1) is 19.9. The standard InChI is InChI=1S/C32H33N3O3.CO2/c1-34-18-2-3-30(34)32(38)22-24-6-12-27(13-7-24)33-26-10-4-23(5-11-26)21-31(37)25-8-14-28(15-9-25)35-19-16-29(36)17-20-35;2-1-3/h2-15,18,29,33,36H,16-17,19-22H2,1H3;. The Morgan fingerprint density at radius 3 is 1.80 bits per heavy atom. The molecule has 0 atom stereocenters. The van der Waals surface area contributed by atoms with Gasteiger partial charge in [0.2, 0.25) is 0 Å². The van der Waals surface area contributed by atoms with Crippen LogP contribution in [0.1, 0.15) is 44.8 Å². The van der Waals surface area contributed by atoms with Crippen molar-refractivity contribution >= 4 is 34.8 Å². The lowest BCUT2D eigenvalue weighted by molar-refractivity contribution is -0.191. The number of aryl methyl sites for hydroxylation is 1. The van der Waals surface area contributed by atoms with E-state index in [4.69, 9.17) is 9.59 Å². The van der Waals surface area contributed by atoms with Gasteiger partial charge >= 0.3 is 6.15 Å². The van der Waals surface area contributed by atoms with Crippen LogP contribution in [0.15, 0.2) is 91.1 Å². The van der Waals surface area contributed by atoms with Gasteiger partial charge in [-0.15, -0.1) is 0 Å². The molecule has 0 unspecified atom stereocenters. The molecule has 1 aromatic heterocycles. The summed E-state index contributed by atoms with van der Waals surface area (Å²) in [6, 6.07) is 27.3. The normalized spacial score (nSPS) is 13.1. The maximum Gasteiger partial charge on any atom is 0.373 e. The van der Waals surface area contributed by atoms with Gasteiger partial charge in [-0.25, -0.2) is 0 Å². The third-order valence-corrected chi connectivity index (χ3v) is 7.17. The fourth-order valence-electron chi connectivity index (χ4n) is 4.87. The molecule has 1 aliphatic rings. The number of aliphatic hydroxyl groups is 1. The number of anilines is 3. The summed E-state index contributed by atoms with van der Waals surface area (Å²) in [6.07, 6.45) is 4.21. The van der Waals surface area contributed by atoms with Crippen LogP contribution in [0.2, 0.25) is 0 Å². The van der Waals surface area contributed by atoms with Gasteiger partial charge in [0.1, 0.15) is 0 Å². The Morgan fingerprint density at radius 1 is 0.805 bits per heavy atom. The van der Waals surface area contributed by atoms with Gasteiger partial charge in [0, 0.05) is 61.8 Å². The molecule has 0 spiro atoms. The van der Waals surface area contributed by atoms with Crippen molar-refractivity contribution in [3.05, 3.63) is 114 Å². The lowest BCUT2D eigenvalue weighted by Crippen LogP contribution is -2.35. The SMILES string of the molecule is Cn1cccc1C(=O)Cc1ccc(Nc2ccc(CC(=O)c3ccc(N4CCC(O)CC4)cc3)cc2)cc1.O=C=O. The van der Waals surface area contributed by atoms with Gasteiger partial charge in [-0.3, -0.25) is 9.59 Å². The molecule has 5 rings (SSSR count). The third-order valence-electron chi connectivity index (χ3n) is 7.17. The van der Waals surface area contributed by atoms with Crippen LogP contribution in [0.25, 0.3) is 0 Å². The van der Waals surface area contributed by atoms with Gasteiger partial charge < -0.3 is 19.9 Å². The predicted octanol–water partition coefficient (Wildman–Crippen LogP) is 5.00. The van der Waals surface area contributed by atoms with Gasteiger partial charge in [-0.1, -0.05) is 24.3 Å². The van der Waals surface area contributed by atoms with E-state index in [2.05, 4.69) is 10.2 Å². The highest BCUT2D eigenvalue weighted by Gasteiger charge is 2.17. The number of piperidine rings is 1. The number of nitrogens with one attached hydrogen (secondary N) is 1. The molecule has 0 bridgehead atoms. The maximum absolute atomic E-state index is 12.8. The first-order valence-electron chi connectivity index (χ1n) is 13.5. The van der Waals surface area contributed by atoms with E-state index >= 15 is 0 Å². The summed E-state index contributed by atoms with van der Waals surface area (Å²) in [4.78, 5) is 43.8. The van der Waals surface area contributed by atoms with Crippen molar-refractivity contribution in [3.8, 4) is 0 Å². The molecule has 0 aliphatic carbocycles. The molecule has 8 nitrogen and oxygen atoms in total. The Hall–Kier alpha value is -4.78. The predicted molar refractivity (Wildman–Crippen MR) is 157 cm³/mol. The molecule has 4 aromatic rings. The second-order valence-corrected chi connectivity index (χ2v) is 10.1. The van der Waals surface area contributed by atoms with Gasteiger partial charge in [-0.05, 0) is 84.6 Å². The van der Waals surface area contributed by atoms with E-state index in [-0.39, 0.29) is 23.8 Å². The molecule has 0 saturated carbocycles. The number of carbonyl (C=O) groups is 2. The lowest BCUT2D eigenvalue weighted by atomic mass is 10.0. The van der Waals surface area contributed by atoms with Gasteiger partial charge in [0.05, 0.1) is 11.8 Å². The van der Waals surface area contributed by atoms with Crippen molar-refractivity contribution in [1.29, 1.82) is 0 Å². The van der Waals surface area contributed by atoms with Crippen molar-refractivity contribution in [2.24, 2.45) is 7.05 Å². The van der Waals surface area contributed by atoms with Crippen LogP contribution in [0, 0.1) is 0 Å². The number of rotatable bonds is 9. The molecule has 210 valence electrons. The van der Waals surface area contributed by atoms with Crippen molar-refractivity contribution in [2.45, 2.75) is 31.8 Å². The topological polar surface area (TPSA) is 109 Å². The minimum atomic E-state index is -0.198. The molecule has 41 heavy (non-hydrogen) atoms. The number of Topliss-reactive ketones (excluding diaryl/α,β-unsaturated/α-hetero) is 2. The molecule has 8 heteroatoms. The number of aliphatic hydroxyl groups excluding tert-OH is 1. The number of benzene rings is 3. The van der Waals surface area contributed by atoms with Gasteiger partial charge in [0.15, 0.2) is 11.6 Å². The van der Waals surface area contributed by atoms with Crippen molar-refractivity contribution in [3.63, 3.8) is 0 Å². The Labute approximate surface area is 239 Å². The zero-order valence-electron chi connectivity index (χ0n) is 23.0. The second kappa shape index (κ2) is 14.0. The molecular weight excluding hydrogens is 518 g/mol. The molecule has 1 aliphatic heterocycles. The average molecular weight is 552 g/mol. The molecule has 2 heterocycles. The zero-order chi connectivity index (χ0) is 29.2. The minimum Gasteiger partial charge on any atom is -0.393 e. The second-order valence-electron chi connectivity index (χ2n) is 10.1. The Balaban J connectivity index is 0.00000124. The Morgan fingerprint density at radius 2 is 1.32 bits per heavy atom. The van der Waals surface area contributed by atoms with Crippen LogP contribution >= 0.6 is 0 Å². The minimum absolute atomic E-state index is 0.0896. The number of nitrogens with zero attached hydrogens (tertiary/aromatic N) is 2. The maximum atomic E-state index is 12.8. The van der Waals surface area contributed by atoms with E-state index in [1.165, 1.54) is 0 Å². The van der Waals surface area contributed by atoms with Crippen LogP contribution < -0.4 is 10.2 Å². The number of hydrogen-bond acceptors (Lipinski definition) is 7. The summed E-state index contributed by atoms with van der Waals surface area (Å²) in [6.45, 7) is 1.68. The Kier molecular flexibility index (Phi) is 9.99. The van der Waals surface area contributed by atoms with Crippen molar-refractivity contribution in [2.75, 3.05) is 23.3 Å². The fraction of sp³-hybridized carbons (Fsp3) is 0.242. The van der Waals surface area contributed by atoms with E-state index in [1.807, 2.05) is 103 Å². The number of carbonyl (C=O) groups excluding carboxylic acids is 4. The number of aromatic nitrogens is 1. The Bertz CT molecular complexity index is 1480. The van der Waals surface area contributed by atoms with E-state index in [9.17, 15) is 14.7 Å². The number of hydrogen-bond donors (Lipinski definition) is 2. The summed E-state index contributed by atoms with van der Waals surface area (Å²) in [5.74, 6) is 0.189. The fourth-order valence-corrected chi connectivity index (χ4v) is 4.87. The summed E-state index contributed by atoms with van der Waals surface area (Å²) in [5, 5.41) is 13.1. The van der Waals surface area contributed by atoms with Crippen molar-refractivity contribution < 1.29 is 24.3 Å². The first kappa shape index (κ1) is 29.2. The van der Waals surface area contributed by atoms with E-state index in [0.717, 1.165) is 54.1 Å². The summed E-state index contributed by atoms with van der Waals surface area (Å²) in [7, 11) is 1.88. The van der Waals surface area contributed by atoms with Crippen LogP contribution in [-0.2, 0) is 29.5 Å². The highest BCUT2D eigenvalue weighted by Crippen LogP contribution is 2.22. The summed E-state index contributed by atoms with van der Waals surface area (Å²) < 4.78 is 1.84. The van der Waals surface area contributed by atoms with Gasteiger partial charge in [0.25, 0.3) is 0 Å². The molecule has 3 aromatic carbocycles. The largest absolute Gasteiger partial charge is 0.393 e. The van der Waals surface area contributed by atoms with E-state index in [0.29, 0.717) is 24.1 Å². The highest BCUT2D eigenvalue weighted by molar-refractivity contribution is 5.98. The quantitative estimate of drug-likeness (QED) is 0.282. The lowest BCUT2D eigenvalue weighted by Gasteiger charge is -2.31. The van der Waals surface area contributed by atoms with Crippen LogP contribution in [0.4, 0.5) is 17.1 Å². The van der Waals surface area contributed by atoms with Crippen molar-refractivity contribution in [1.82, 2.24) is 4.57 Å². The van der Waals surface area contributed by atoms with Crippen LogP contribution in [0.5, 0.6) is 0 Å². The number of ketones is 2. The molecular formula is C33H33N3O5. The zero-order valence-corrected chi connectivity index (χ0v) is 23.0.